The molecular weight excluding hydrogens is 260 g/mol. The lowest BCUT2D eigenvalue weighted by Crippen LogP contribution is -2.13. The van der Waals surface area contributed by atoms with E-state index in [2.05, 4.69) is 10.4 Å². The van der Waals surface area contributed by atoms with Crippen molar-refractivity contribution in [1.29, 1.82) is 0 Å². The summed E-state index contributed by atoms with van der Waals surface area (Å²) in [6.45, 7) is 5.70. The highest BCUT2D eigenvalue weighted by Crippen LogP contribution is 2.32. The van der Waals surface area contributed by atoms with Gasteiger partial charge in [-0.05, 0) is 18.8 Å². The summed E-state index contributed by atoms with van der Waals surface area (Å²) < 4.78 is 7.05. The molecular formula is C13H22N4O3. The molecule has 1 N–H and O–H groups in total. The molecule has 1 heterocycles. The molecule has 0 saturated heterocycles. The maximum Gasteiger partial charge on any atom is 0.334 e. The minimum absolute atomic E-state index is 0.0169. The molecule has 0 aromatic carbocycles. The number of nitro groups is 1. The number of hydrogen-bond donors (Lipinski definition) is 1. The SMILES string of the molecule is CC(C)c1nn(C)c(NCCOCC2CC2)c1[N+](=O)[O-]. The molecule has 0 atom stereocenters. The number of rotatable bonds is 8. The van der Waals surface area contributed by atoms with Gasteiger partial charge in [0.2, 0.25) is 5.82 Å². The summed E-state index contributed by atoms with van der Waals surface area (Å²) >= 11 is 0. The second kappa shape index (κ2) is 6.21. The van der Waals surface area contributed by atoms with E-state index in [4.69, 9.17) is 4.74 Å². The first-order valence-electron chi connectivity index (χ1n) is 7.03. The van der Waals surface area contributed by atoms with Gasteiger partial charge in [-0.3, -0.25) is 10.1 Å². The number of hydrogen-bond acceptors (Lipinski definition) is 5. The zero-order valence-electron chi connectivity index (χ0n) is 12.3. The van der Waals surface area contributed by atoms with Crippen molar-refractivity contribution in [3.05, 3.63) is 15.8 Å². The molecule has 2 rings (SSSR count). The quantitative estimate of drug-likeness (QED) is 0.449. The van der Waals surface area contributed by atoms with Gasteiger partial charge in [-0.25, -0.2) is 4.68 Å². The molecule has 1 aromatic rings. The van der Waals surface area contributed by atoms with Gasteiger partial charge in [0, 0.05) is 26.1 Å². The van der Waals surface area contributed by atoms with Crippen molar-refractivity contribution < 1.29 is 9.66 Å². The lowest BCUT2D eigenvalue weighted by molar-refractivity contribution is -0.384. The molecule has 112 valence electrons. The van der Waals surface area contributed by atoms with Crippen molar-refractivity contribution in [1.82, 2.24) is 9.78 Å². The Hall–Kier alpha value is -1.63. The second-order valence-electron chi connectivity index (χ2n) is 5.56. The van der Waals surface area contributed by atoms with Crippen LogP contribution in [0.4, 0.5) is 11.5 Å². The molecule has 1 fully saturated rings. The number of ether oxygens (including phenoxy) is 1. The maximum atomic E-state index is 11.2. The average molecular weight is 282 g/mol. The lowest BCUT2D eigenvalue weighted by Gasteiger charge is -2.06. The fourth-order valence-corrected chi connectivity index (χ4v) is 2.08. The molecule has 7 nitrogen and oxygen atoms in total. The van der Waals surface area contributed by atoms with E-state index in [1.165, 1.54) is 17.5 Å². The van der Waals surface area contributed by atoms with Crippen molar-refractivity contribution in [3.63, 3.8) is 0 Å². The highest BCUT2D eigenvalue weighted by Gasteiger charge is 2.28. The summed E-state index contributed by atoms with van der Waals surface area (Å²) in [5.41, 5.74) is 0.587. The Morgan fingerprint density at radius 3 is 2.80 bits per heavy atom. The summed E-state index contributed by atoms with van der Waals surface area (Å²) in [4.78, 5) is 10.9. The van der Waals surface area contributed by atoms with Gasteiger partial charge in [0.15, 0.2) is 0 Å². The van der Waals surface area contributed by atoms with E-state index < -0.39 is 0 Å². The molecule has 0 unspecified atom stereocenters. The third-order valence-electron chi connectivity index (χ3n) is 3.37. The van der Waals surface area contributed by atoms with Gasteiger partial charge in [-0.2, -0.15) is 5.10 Å². The molecule has 1 aliphatic carbocycles. The Kier molecular flexibility index (Phi) is 4.59. The van der Waals surface area contributed by atoms with E-state index >= 15 is 0 Å². The molecule has 7 heteroatoms. The summed E-state index contributed by atoms with van der Waals surface area (Å²) in [7, 11) is 1.71. The van der Waals surface area contributed by atoms with E-state index in [0.717, 1.165) is 12.5 Å². The van der Waals surface area contributed by atoms with Crippen LogP contribution in [0.3, 0.4) is 0 Å². The van der Waals surface area contributed by atoms with Crippen LogP contribution in [-0.4, -0.2) is 34.5 Å². The molecule has 0 spiro atoms. The Balaban J connectivity index is 1.96. The lowest BCUT2D eigenvalue weighted by atomic mass is 10.1. The minimum atomic E-state index is -0.365. The molecule has 0 radical (unpaired) electrons. The topological polar surface area (TPSA) is 82.2 Å². The number of nitrogens with zero attached hydrogens (tertiary/aromatic N) is 3. The fourth-order valence-electron chi connectivity index (χ4n) is 2.08. The number of nitrogens with one attached hydrogen (secondary N) is 1. The third kappa shape index (κ3) is 3.47. The number of aryl methyl sites for hydroxylation is 1. The van der Waals surface area contributed by atoms with Crippen LogP contribution in [0, 0.1) is 16.0 Å². The van der Waals surface area contributed by atoms with Crippen LogP contribution < -0.4 is 5.32 Å². The van der Waals surface area contributed by atoms with Crippen molar-refractivity contribution in [2.24, 2.45) is 13.0 Å². The van der Waals surface area contributed by atoms with Gasteiger partial charge in [-0.15, -0.1) is 0 Å². The van der Waals surface area contributed by atoms with Gasteiger partial charge >= 0.3 is 5.69 Å². The van der Waals surface area contributed by atoms with Gasteiger partial charge in [0.25, 0.3) is 0 Å². The molecule has 0 amide bonds. The summed E-state index contributed by atoms with van der Waals surface area (Å²) in [6.07, 6.45) is 2.52. The minimum Gasteiger partial charge on any atom is -0.379 e. The summed E-state index contributed by atoms with van der Waals surface area (Å²) in [5.74, 6) is 1.20. The zero-order valence-corrected chi connectivity index (χ0v) is 12.3. The Bertz CT molecular complexity index is 480. The van der Waals surface area contributed by atoms with Crippen LogP contribution >= 0.6 is 0 Å². The zero-order chi connectivity index (χ0) is 14.7. The van der Waals surface area contributed by atoms with E-state index in [1.54, 1.807) is 7.05 Å². The molecule has 0 aliphatic heterocycles. The Morgan fingerprint density at radius 2 is 2.25 bits per heavy atom. The first-order valence-corrected chi connectivity index (χ1v) is 7.03. The van der Waals surface area contributed by atoms with Crippen LogP contribution in [0.25, 0.3) is 0 Å². The maximum absolute atomic E-state index is 11.2. The number of aromatic nitrogens is 2. The van der Waals surface area contributed by atoms with Gasteiger partial charge in [0.1, 0.15) is 5.69 Å². The van der Waals surface area contributed by atoms with Gasteiger partial charge in [-0.1, -0.05) is 13.8 Å². The largest absolute Gasteiger partial charge is 0.379 e. The Labute approximate surface area is 118 Å². The second-order valence-corrected chi connectivity index (χ2v) is 5.56. The highest BCUT2D eigenvalue weighted by molar-refractivity contribution is 5.60. The van der Waals surface area contributed by atoms with Crippen LogP contribution in [-0.2, 0) is 11.8 Å². The van der Waals surface area contributed by atoms with E-state index in [1.807, 2.05) is 13.8 Å². The predicted octanol–water partition coefficient (Wildman–Crippen LogP) is 2.29. The van der Waals surface area contributed by atoms with Crippen molar-refractivity contribution in [3.8, 4) is 0 Å². The van der Waals surface area contributed by atoms with Crippen LogP contribution in [0.5, 0.6) is 0 Å². The standard InChI is InChI=1S/C13H22N4O3/c1-9(2)11-12(17(18)19)13(16(3)15-11)14-6-7-20-8-10-4-5-10/h9-10,14H,4-8H2,1-3H3. The van der Waals surface area contributed by atoms with Crippen LogP contribution in [0.15, 0.2) is 0 Å². The van der Waals surface area contributed by atoms with E-state index in [-0.39, 0.29) is 16.5 Å². The normalized spacial score (nSPS) is 14.8. The smallest absolute Gasteiger partial charge is 0.334 e. The molecule has 1 aliphatic rings. The van der Waals surface area contributed by atoms with Crippen molar-refractivity contribution in [2.45, 2.75) is 32.6 Å². The van der Waals surface area contributed by atoms with Crippen LogP contribution in [0.1, 0.15) is 38.3 Å². The van der Waals surface area contributed by atoms with Gasteiger partial charge < -0.3 is 10.1 Å². The average Bonchev–Trinajstić information content (AvgIpc) is 3.12. The molecule has 20 heavy (non-hydrogen) atoms. The summed E-state index contributed by atoms with van der Waals surface area (Å²) in [5, 5.41) is 18.5. The third-order valence-corrected chi connectivity index (χ3v) is 3.37. The van der Waals surface area contributed by atoms with E-state index in [9.17, 15) is 10.1 Å². The highest BCUT2D eigenvalue weighted by atomic mass is 16.6. The summed E-state index contributed by atoms with van der Waals surface area (Å²) in [6, 6.07) is 0. The Morgan fingerprint density at radius 1 is 1.55 bits per heavy atom. The monoisotopic (exact) mass is 282 g/mol. The van der Waals surface area contributed by atoms with E-state index in [0.29, 0.717) is 24.7 Å². The van der Waals surface area contributed by atoms with Gasteiger partial charge in [0.05, 0.1) is 11.5 Å². The molecule has 0 bridgehead atoms. The van der Waals surface area contributed by atoms with Crippen molar-refractivity contribution in [2.75, 3.05) is 25.1 Å². The predicted molar refractivity (Wildman–Crippen MR) is 76.0 cm³/mol. The molecule has 1 saturated carbocycles. The van der Waals surface area contributed by atoms with Crippen LogP contribution in [0.2, 0.25) is 0 Å². The first kappa shape index (κ1) is 14.8. The fraction of sp³-hybridized carbons (Fsp3) is 0.769. The first-order chi connectivity index (χ1) is 9.50. The molecule has 1 aromatic heterocycles. The number of anilines is 1. The van der Waals surface area contributed by atoms with Crippen molar-refractivity contribution >= 4 is 11.5 Å².